The van der Waals surface area contributed by atoms with Gasteiger partial charge in [-0.2, -0.15) is 5.10 Å². The Labute approximate surface area is 175 Å². The molecule has 3 aromatic rings. The first kappa shape index (κ1) is 18.6. The number of fused-ring (bicyclic) bond motifs is 1. The standard InChI is InChI=1S/C20H17IN4O3/c21-17-10-9-14(25(27)28)11-16(17)20(26)22-12-18-15-7-4-8-19(15)24(23-18)13-5-2-1-3-6-13/h1-3,5-6,9-11H,4,7-8,12H2,(H,22,26). The Balaban J connectivity index is 1.57. The summed E-state index contributed by atoms with van der Waals surface area (Å²) in [6.45, 7) is 0.291. The lowest BCUT2D eigenvalue weighted by Crippen LogP contribution is -2.24. The van der Waals surface area contributed by atoms with Crippen molar-refractivity contribution >= 4 is 34.2 Å². The Morgan fingerprint density at radius 1 is 1.21 bits per heavy atom. The number of amides is 1. The van der Waals surface area contributed by atoms with Gasteiger partial charge in [-0.1, -0.05) is 18.2 Å². The molecule has 0 spiro atoms. The minimum atomic E-state index is -0.499. The smallest absolute Gasteiger partial charge is 0.270 e. The molecule has 0 fully saturated rings. The number of hydrogen-bond acceptors (Lipinski definition) is 4. The molecule has 0 bridgehead atoms. The monoisotopic (exact) mass is 488 g/mol. The molecule has 0 atom stereocenters. The molecule has 4 rings (SSSR count). The van der Waals surface area contributed by atoms with Crippen molar-refractivity contribution in [2.75, 3.05) is 0 Å². The maximum absolute atomic E-state index is 12.6. The normalized spacial score (nSPS) is 12.6. The summed E-state index contributed by atoms with van der Waals surface area (Å²) >= 11 is 2.01. The van der Waals surface area contributed by atoms with Crippen LogP contribution in [0.3, 0.4) is 0 Å². The second-order valence-corrected chi connectivity index (χ2v) is 7.74. The van der Waals surface area contributed by atoms with E-state index in [4.69, 9.17) is 5.10 Å². The van der Waals surface area contributed by atoms with Gasteiger partial charge in [0.15, 0.2) is 0 Å². The van der Waals surface area contributed by atoms with E-state index in [0.717, 1.165) is 30.6 Å². The maximum atomic E-state index is 12.6. The highest BCUT2D eigenvalue weighted by Gasteiger charge is 2.24. The predicted octanol–water partition coefficient (Wildman–Crippen LogP) is 3.80. The molecule has 0 aliphatic heterocycles. The van der Waals surface area contributed by atoms with Gasteiger partial charge in [-0.15, -0.1) is 0 Å². The fourth-order valence-corrected chi connectivity index (χ4v) is 4.08. The number of rotatable bonds is 5. The van der Waals surface area contributed by atoms with Gasteiger partial charge in [0, 0.05) is 21.4 Å². The molecule has 0 unspecified atom stereocenters. The average Bonchev–Trinajstić information content (AvgIpc) is 3.30. The quantitative estimate of drug-likeness (QED) is 0.336. The molecule has 0 saturated heterocycles. The fraction of sp³-hybridized carbons (Fsp3) is 0.200. The molecule has 0 radical (unpaired) electrons. The van der Waals surface area contributed by atoms with E-state index in [0.29, 0.717) is 15.7 Å². The zero-order valence-corrected chi connectivity index (χ0v) is 17.0. The van der Waals surface area contributed by atoms with Crippen LogP contribution >= 0.6 is 22.6 Å². The summed E-state index contributed by atoms with van der Waals surface area (Å²) in [4.78, 5) is 23.1. The third-order valence-electron chi connectivity index (χ3n) is 4.84. The summed E-state index contributed by atoms with van der Waals surface area (Å²) in [5, 5.41) is 18.6. The number of nitrogens with one attached hydrogen (secondary N) is 1. The molecule has 142 valence electrons. The van der Waals surface area contributed by atoms with Crippen molar-refractivity contribution in [1.29, 1.82) is 0 Å². The van der Waals surface area contributed by atoms with Crippen LogP contribution in [0.2, 0.25) is 0 Å². The van der Waals surface area contributed by atoms with Crippen molar-refractivity contribution in [2.24, 2.45) is 0 Å². The maximum Gasteiger partial charge on any atom is 0.270 e. The van der Waals surface area contributed by atoms with Gasteiger partial charge < -0.3 is 5.32 Å². The molecule has 1 aliphatic rings. The second-order valence-electron chi connectivity index (χ2n) is 6.58. The molecule has 0 saturated carbocycles. The number of hydrogen-bond donors (Lipinski definition) is 1. The van der Waals surface area contributed by atoms with E-state index >= 15 is 0 Å². The van der Waals surface area contributed by atoms with Crippen LogP contribution in [0.1, 0.15) is 33.7 Å². The van der Waals surface area contributed by atoms with E-state index in [9.17, 15) is 14.9 Å². The molecule has 8 heteroatoms. The van der Waals surface area contributed by atoms with Crippen LogP contribution in [-0.4, -0.2) is 20.6 Å². The van der Waals surface area contributed by atoms with Crippen LogP contribution in [0.25, 0.3) is 5.69 Å². The van der Waals surface area contributed by atoms with Gasteiger partial charge in [0.1, 0.15) is 0 Å². The van der Waals surface area contributed by atoms with E-state index < -0.39 is 4.92 Å². The molecule has 2 aromatic carbocycles. The van der Waals surface area contributed by atoms with E-state index in [2.05, 4.69) is 5.32 Å². The minimum Gasteiger partial charge on any atom is -0.346 e. The van der Waals surface area contributed by atoms with Crippen LogP contribution in [0.4, 0.5) is 5.69 Å². The van der Waals surface area contributed by atoms with Gasteiger partial charge in [-0.3, -0.25) is 14.9 Å². The number of nitro groups is 1. The first-order valence-electron chi connectivity index (χ1n) is 8.92. The van der Waals surface area contributed by atoms with Crippen molar-refractivity contribution in [3.05, 3.63) is 84.7 Å². The van der Waals surface area contributed by atoms with E-state index in [1.165, 1.54) is 23.4 Å². The number of non-ortho nitro benzene ring substituents is 1. The largest absolute Gasteiger partial charge is 0.346 e. The molecule has 1 N–H and O–H groups in total. The van der Waals surface area contributed by atoms with Gasteiger partial charge in [-0.05, 0) is 65.6 Å². The number of para-hydroxylation sites is 1. The first-order valence-corrected chi connectivity index (χ1v) is 9.99. The summed E-state index contributed by atoms with van der Waals surface area (Å²) in [6.07, 6.45) is 2.99. The van der Waals surface area contributed by atoms with Crippen molar-refractivity contribution in [3.8, 4) is 5.69 Å². The van der Waals surface area contributed by atoms with Crippen LogP contribution in [-0.2, 0) is 19.4 Å². The lowest BCUT2D eigenvalue weighted by atomic mass is 10.1. The van der Waals surface area contributed by atoms with Crippen molar-refractivity contribution in [2.45, 2.75) is 25.8 Å². The lowest BCUT2D eigenvalue weighted by Gasteiger charge is -2.07. The summed E-state index contributed by atoms with van der Waals surface area (Å²) in [7, 11) is 0. The Morgan fingerprint density at radius 2 is 2.00 bits per heavy atom. The Bertz CT molecular complexity index is 1060. The molecule has 7 nitrogen and oxygen atoms in total. The Morgan fingerprint density at radius 3 is 2.75 bits per heavy atom. The van der Waals surface area contributed by atoms with Gasteiger partial charge in [0.25, 0.3) is 11.6 Å². The molecular weight excluding hydrogens is 471 g/mol. The predicted molar refractivity (Wildman–Crippen MR) is 113 cm³/mol. The molecule has 1 heterocycles. The number of carbonyl (C=O) groups is 1. The minimum absolute atomic E-state index is 0.0974. The van der Waals surface area contributed by atoms with Gasteiger partial charge >= 0.3 is 0 Å². The van der Waals surface area contributed by atoms with E-state index in [-0.39, 0.29) is 11.6 Å². The number of nitrogens with zero attached hydrogens (tertiary/aromatic N) is 3. The van der Waals surface area contributed by atoms with Gasteiger partial charge in [0.2, 0.25) is 0 Å². The summed E-state index contributed by atoms with van der Waals surface area (Å²) in [5.74, 6) is -0.339. The average molecular weight is 488 g/mol. The van der Waals surface area contributed by atoms with Crippen molar-refractivity contribution in [1.82, 2.24) is 15.1 Å². The highest BCUT2D eigenvalue weighted by Crippen LogP contribution is 2.28. The van der Waals surface area contributed by atoms with Crippen LogP contribution in [0.5, 0.6) is 0 Å². The molecule has 28 heavy (non-hydrogen) atoms. The zero-order valence-electron chi connectivity index (χ0n) is 14.9. The highest BCUT2D eigenvalue weighted by atomic mass is 127. The van der Waals surface area contributed by atoms with Crippen molar-refractivity contribution < 1.29 is 9.72 Å². The van der Waals surface area contributed by atoms with E-state index in [1.807, 2.05) is 57.6 Å². The van der Waals surface area contributed by atoms with Crippen molar-refractivity contribution in [3.63, 3.8) is 0 Å². The third-order valence-corrected chi connectivity index (χ3v) is 5.78. The molecule has 1 aromatic heterocycles. The Kier molecular flexibility index (Phi) is 5.12. The summed E-state index contributed by atoms with van der Waals surface area (Å²) < 4.78 is 2.63. The number of nitro benzene ring substituents is 1. The van der Waals surface area contributed by atoms with Crippen LogP contribution in [0.15, 0.2) is 48.5 Å². The zero-order chi connectivity index (χ0) is 19.7. The molecular formula is C20H17IN4O3. The summed E-state index contributed by atoms with van der Waals surface area (Å²) in [6, 6.07) is 14.2. The lowest BCUT2D eigenvalue weighted by molar-refractivity contribution is -0.384. The van der Waals surface area contributed by atoms with E-state index in [1.54, 1.807) is 6.07 Å². The Hall–Kier alpha value is -2.75. The number of halogens is 1. The molecule has 1 amide bonds. The van der Waals surface area contributed by atoms with Crippen LogP contribution in [0, 0.1) is 13.7 Å². The summed E-state index contributed by atoms with van der Waals surface area (Å²) in [5.41, 5.74) is 4.45. The topological polar surface area (TPSA) is 90.1 Å². The first-order chi connectivity index (χ1) is 13.5. The van der Waals surface area contributed by atoms with Gasteiger partial charge in [0.05, 0.1) is 28.4 Å². The second kappa shape index (κ2) is 7.70. The fourth-order valence-electron chi connectivity index (χ4n) is 3.50. The number of carbonyl (C=O) groups excluding carboxylic acids is 1. The number of benzene rings is 2. The van der Waals surface area contributed by atoms with Gasteiger partial charge in [-0.25, -0.2) is 4.68 Å². The third kappa shape index (κ3) is 3.51. The highest BCUT2D eigenvalue weighted by molar-refractivity contribution is 14.1. The van der Waals surface area contributed by atoms with Crippen LogP contribution < -0.4 is 5.32 Å². The molecule has 1 aliphatic carbocycles. The SMILES string of the molecule is O=C(NCc1nn(-c2ccccc2)c2c1CCC2)c1cc([N+](=O)[O-])ccc1I. The number of aromatic nitrogens is 2.